The maximum atomic E-state index is 12.5. The zero-order chi connectivity index (χ0) is 11.6. The maximum absolute atomic E-state index is 12.5. The molecule has 0 unspecified atom stereocenters. The lowest BCUT2D eigenvalue weighted by molar-refractivity contribution is -0.391. The summed E-state index contributed by atoms with van der Waals surface area (Å²) in [7, 11) is 0. The van der Waals surface area contributed by atoms with Crippen molar-refractivity contribution in [3.8, 4) is 0 Å². The summed E-state index contributed by atoms with van der Waals surface area (Å²) in [6, 6.07) is 1.09. The van der Waals surface area contributed by atoms with E-state index in [1.54, 1.807) is 0 Å². The minimum absolute atomic E-state index is 0.0848. The Morgan fingerprint density at radius 3 is 2.60 bits per heavy atom. The predicted octanol–water partition coefficient (Wildman–Crippen LogP) is 3.32. The van der Waals surface area contributed by atoms with Gasteiger partial charge in [-0.05, 0) is 27.1 Å². The highest BCUT2D eigenvalue weighted by Gasteiger charge is 2.28. The van der Waals surface area contributed by atoms with Gasteiger partial charge in [0.1, 0.15) is 5.56 Å². The minimum Gasteiger partial charge on any atom is -0.358 e. The van der Waals surface area contributed by atoms with Crippen molar-refractivity contribution in [3.63, 3.8) is 0 Å². The van der Waals surface area contributed by atoms with Crippen LogP contribution in [0.4, 0.5) is 14.6 Å². The van der Waals surface area contributed by atoms with Gasteiger partial charge >= 0.3 is 5.82 Å². The first-order valence-corrected chi connectivity index (χ1v) is 4.56. The van der Waals surface area contributed by atoms with Crippen LogP contribution in [0, 0.1) is 10.1 Å². The smallest absolute Gasteiger partial charge is 0.358 e. The van der Waals surface area contributed by atoms with Crippen LogP contribution in [0.5, 0.6) is 0 Å². The van der Waals surface area contributed by atoms with Gasteiger partial charge in [0.05, 0.1) is 0 Å². The zero-order valence-electron chi connectivity index (χ0n) is 7.08. The zero-order valence-corrected chi connectivity index (χ0v) is 8.60. The van der Waals surface area contributed by atoms with Gasteiger partial charge in [-0.2, -0.15) is 0 Å². The quantitative estimate of drug-likeness (QED) is 0.361. The number of pyridine rings is 1. The normalized spacial score (nSPS) is 10.7. The Morgan fingerprint density at radius 1 is 1.60 bits per heavy atom. The fourth-order valence-electron chi connectivity index (χ4n) is 1.05. The molecule has 1 heterocycles. The Hall–Kier alpha value is -1.01. The fourth-order valence-corrected chi connectivity index (χ4v) is 1.48. The van der Waals surface area contributed by atoms with E-state index in [0.717, 1.165) is 6.07 Å². The van der Waals surface area contributed by atoms with Crippen LogP contribution in [0.15, 0.2) is 6.07 Å². The molecule has 0 saturated carbocycles. The summed E-state index contributed by atoms with van der Waals surface area (Å²) in [5.41, 5.74) is -0.863. The van der Waals surface area contributed by atoms with Crippen LogP contribution in [0.25, 0.3) is 0 Å². The van der Waals surface area contributed by atoms with Crippen LogP contribution in [0.3, 0.4) is 0 Å². The molecule has 0 atom stereocenters. The molecule has 1 aromatic rings. The average molecular weight is 257 g/mol. The molecule has 0 fully saturated rings. The van der Waals surface area contributed by atoms with E-state index in [-0.39, 0.29) is 16.6 Å². The van der Waals surface area contributed by atoms with E-state index in [1.807, 2.05) is 0 Å². The summed E-state index contributed by atoms with van der Waals surface area (Å²) >= 11 is 10.8. The van der Waals surface area contributed by atoms with E-state index in [0.29, 0.717) is 0 Å². The molecule has 1 aromatic heterocycles. The minimum atomic E-state index is -3.01. The molecule has 0 N–H and O–H groups in total. The van der Waals surface area contributed by atoms with Crippen LogP contribution in [-0.2, 0) is 5.88 Å². The number of hydrogen-bond acceptors (Lipinski definition) is 3. The number of nitrogens with zero attached hydrogens (tertiary/aromatic N) is 2. The summed E-state index contributed by atoms with van der Waals surface area (Å²) < 4.78 is 25.0. The van der Waals surface area contributed by atoms with Crippen LogP contribution in [0.2, 0.25) is 5.15 Å². The standard InChI is InChI=1S/C7H4Cl2F2N2O2/c8-2-3-1-4(9)12-7(13(14)15)5(3)6(10)11/h1,6H,2H2. The van der Waals surface area contributed by atoms with Crippen molar-refractivity contribution in [1.29, 1.82) is 0 Å². The summed E-state index contributed by atoms with van der Waals surface area (Å²) in [5.74, 6) is -1.24. The third-order valence-electron chi connectivity index (χ3n) is 1.63. The van der Waals surface area contributed by atoms with Crippen molar-refractivity contribution in [2.24, 2.45) is 0 Å². The molecule has 1 rings (SSSR count). The second-order valence-electron chi connectivity index (χ2n) is 2.53. The highest BCUT2D eigenvalue weighted by Crippen LogP contribution is 2.33. The molecule has 0 radical (unpaired) electrons. The van der Waals surface area contributed by atoms with Gasteiger partial charge in [-0.25, -0.2) is 8.78 Å². The predicted molar refractivity (Wildman–Crippen MR) is 50.4 cm³/mol. The van der Waals surface area contributed by atoms with Crippen LogP contribution in [-0.4, -0.2) is 9.91 Å². The van der Waals surface area contributed by atoms with Crippen molar-refractivity contribution in [2.45, 2.75) is 12.3 Å². The Bertz CT molecular complexity index is 401. The van der Waals surface area contributed by atoms with E-state index >= 15 is 0 Å². The summed E-state index contributed by atoms with van der Waals surface area (Å²) in [6.45, 7) is 0. The molecule has 0 bridgehead atoms. The number of rotatable bonds is 3. The molecule has 8 heteroatoms. The SMILES string of the molecule is O=[N+]([O-])c1nc(Cl)cc(CCl)c1C(F)F. The summed E-state index contributed by atoms with van der Waals surface area (Å²) in [4.78, 5) is 12.7. The highest BCUT2D eigenvalue weighted by molar-refractivity contribution is 6.29. The van der Waals surface area contributed by atoms with Crippen molar-refractivity contribution in [3.05, 3.63) is 32.5 Å². The second kappa shape index (κ2) is 4.67. The Labute approximate surface area is 93.0 Å². The van der Waals surface area contributed by atoms with Crippen molar-refractivity contribution in [1.82, 2.24) is 4.98 Å². The van der Waals surface area contributed by atoms with Gasteiger partial charge in [0.25, 0.3) is 6.43 Å². The van der Waals surface area contributed by atoms with Gasteiger partial charge in [0, 0.05) is 11.9 Å². The van der Waals surface area contributed by atoms with Gasteiger partial charge in [-0.15, -0.1) is 11.6 Å². The van der Waals surface area contributed by atoms with Crippen LogP contribution < -0.4 is 0 Å². The molecule has 4 nitrogen and oxygen atoms in total. The topological polar surface area (TPSA) is 56.0 Å². The third-order valence-corrected chi connectivity index (χ3v) is 2.11. The molecule has 0 aliphatic carbocycles. The largest absolute Gasteiger partial charge is 0.374 e. The van der Waals surface area contributed by atoms with Gasteiger partial charge < -0.3 is 10.1 Å². The van der Waals surface area contributed by atoms with E-state index in [2.05, 4.69) is 4.98 Å². The molecule has 0 aliphatic heterocycles. The molecular weight excluding hydrogens is 253 g/mol. The van der Waals surface area contributed by atoms with Gasteiger partial charge in [-0.3, -0.25) is 0 Å². The van der Waals surface area contributed by atoms with Gasteiger partial charge in [0.15, 0.2) is 0 Å². The first-order chi connectivity index (χ1) is 6.97. The molecule has 0 aromatic carbocycles. The van der Waals surface area contributed by atoms with Crippen LogP contribution in [0.1, 0.15) is 17.6 Å². The fraction of sp³-hybridized carbons (Fsp3) is 0.286. The third kappa shape index (κ3) is 2.51. The molecule has 0 aliphatic rings. The number of aromatic nitrogens is 1. The molecule has 0 spiro atoms. The first kappa shape index (κ1) is 12.1. The van der Waals surface area contributed by atoms with Crippen LogP contribution >= 0.6 is 23.2 Å². The molecule has 0 saturated heterocycles. The average Bonchev–Trinajstić information content (AvgIpc) is 2.15. The Kier molecular flexibility index (Phi) is 3.76. The van der Waals surface area contributed by atoms with Crippen molar-refractivity contribution >= 4 is 29.0 Å². The van der Waals surface area contributed by atoms with E-state index in [1.165, 1.54) is 0 Å². The van der Waals surface area contributed by atoms with E-state index in [4.69, 9.17) is 23.2 Å². The highest BCUT2D eigenvalue weighted by atomic mass is 35.5. The number of nitro groups is 1. The molecule has 82 valence electrons. The van der Waals surface area contributed by atoms with E-state index in [9.17, 15) is 18.9 Å². The molecular formula is C7H4Cl2F2N2O2. The van der Waals surface area contributed by atoms with Gasteiger partial charge in [0.2, 0.25) is 5.15 Å². The Balaban J connectivity index is 3.47. The first-order valence-electron chi connectivity index (χ1n) is 3.65. The summed E-state index contributed by atoms with van der Waals surface area (Å²) in [5, 5.41) is 10.2. The Morgan fingerprint density at radius 2 is 2.20 bits per heavy atom. The lowest BCUT2D eigenvalue weighted by Gasteiger charge is -2.05. The molecule has 15 heavy (non-hydrogen) atoms. The number of alkyl halides is 3. The monoisotopic (exact) mass is 256 g/mol. The second-order valence-corrected chi connectivity index (χ2v) is 3.19. The van der Waals surface area contributed by atoms with Crippen molar-refractivity contribution < 1.29 is 13.7 Å². The lowest BCUT2D eigenvalue weighted by Crippen LogP contribution is -2.03. The lowest BCUT2D eigenvalue weighted by atomic mass is 10.1. The molecule has 0 amide bonds. The maximum Gasteiger partial charge on any atom is 0.374 e. The van der Waals surface area contributed by atoms with Gasteiger partial charge in [-0.1, -0.05) is 0 Å². The van der Waals surface area contributed by atoms with E-state index < -0.39 is 22.7 Å². The summed E-state index contributed by atoms with van der Waals surface area (Å²) in [6.07, 6.45) is -3.01. The number of halogens is 4. The van der Waals surface area contributed by atoms with Crippen molar-refractivity contribution in [2.75, 3.05) is 0 Å². The number of hydrogen-bond donors (Lipinski definition) is 0.